The molecule has 0 fully saturated rings. The van der Waals surface area contributed by atoms with E-state index in [-0.39, 0.29) is 5.54 Å². The lowest BCUT2D eigenvalue weighted by molar-refractivity contribution is 0.553. The van der Waals surface area contributed by atoms with Crippen LogP contribution in [-0.4, -0.2) is 0 Å². The van der Waals surface area contributed by atoms with Gasteiger partial charge in [0.2, 0.25) is 0 Å². The fourth-order valence-corrected chi connectivity index (χ4v) is 1.72. The summed E-state index contributed by atoms with van der Waals surface area (Å²) in [6.45, 7) is 6.09. The predicted octanol–water partition coefficient (Wildman–Crippen LogP) is 2.95. The third-order valence-electron chi connectivity index (χ3n) is 1.79. The van der Waals surface area contributed by atoms with Gasteiger partial charge in [-0.3, -0.25) is 0 Å². The number of hydrogen-bond acceptors (Lipinski definition) is 1. The van der Waals surface area contributed by atoms with Crippen LogP contribution in [0.4, 0.5) is 0 Å². The van der Waals surface area contributed by atoms with E-state index in [4.69, 9.17) is 5.73 Å². The Hall–Kier alpha value is -0.340. The van der Waals surface area contributed by atoms with Crippen molar-refractivity contribution in [1.82, 2.24) is 0 Å². The summed E-state index contributed by atoms with van der Waals surface area (Å²) in [6.07, 6.45) is 0. The molecule has 1 nitrogen and oxygen atoms in total. The summed E-state index contributed by atoms with van der Waals surface area (Å²) in [5.74, 6) is 0. The summed E-state index contributed by atoms with van der Waals surface area (Å²) >= 11 is 3.45. The van der Waals surface area contributed by atoms with Crippen LogP contribution < -0.4 is 5.73 Å². The van der Waals surface area contributed by atoms with Crippen LogP contribution in [0, 0.1) is 6.92 Å². The summed E-state index contributed by atoms with van der Waals surface area (Å²) in [4.78, 5) is 0. The Kier molecular flexibility index (Phi) is 2.59. The van der Waals surface area contributed by atoms with Crippen molar-refractivity contribution in [2.75, 3.05) is 0 Å². The smallest absolute Gasteiger partial charge is 0.0352 e. The predicted molar refractivity (Wildman–Crippen MR) is 56.1 cm³/mol. The second kappa shape index (κ2) is 3.19. The van der Waals surface area contributed by atoms with Crippen molar-refractivity contribution in [3.05, 3.63) is 33.8 Å². The lowest BCUT2D eigenvalue weighted by Gasteiger charge is -2.19. The average molecular weight is 228 g/mol. The topological polar surface area (TPSA) is 26.0 Å². The summed E-state index contributed by atoms with van der Waals surface area (Å²) < 4.78 is 1.09. The van der Waals surface area contributed by atoms with E-state index in [0.29, 0.717) is 0 Å². The highest BCUT2D eigenvalue weighted by Crippen LogP contribution is 2.22. The molecule has 0 saturated carbocycles. The molecule has 1 aromatic rings. The molecule has 0 aliphatic carbocycles. The maximum atomic E-state index is 5.97. The number of benzene rings is 1. The van der Waals surface area contributed by atoms with Gasteiger partial charge in [0, 0.05) is 10.0 Å². The number of hydrogen-bond donors (Lipinski definition) is 1. The van der Waals surface area contributed by atoms with Gasteiger partial charge < -0.3 is 5.73 Å². The molecule has 0 aliphatic heterocycles. The van der Waals surface area contributed by atoms with Crippen molar-refractivity contribution in [3.63, 3.8) is 0 Å². The molecular formula is C10H14BrN. The minimum Gasteiger partial charge on any atom is -0.322 e. The Morgan fingerprint density at radius 2 is 1.83 bits per heavy atom. The van der Waals surface area contributed by atoms with E-state index in [1.807, 2.05) is 13.8 Å². The molecule has 1 rings (SSSR count). The Morgan fingerprint density at radius 3 is 2.25 bits per heavy atom. The molecule has 0 amide bonds. The van der Waals surface area contributed by atoms with Gasteiger partial charge in [-0.2, -0.15) is 0 Å². The van der Waals surface area contributed by atoms with Crippen LogP contribution in [0.3, 0.4) is 0 Å². The normalized spacial score (nSPS) is 11.8. The lowest BCUT2D eigenvalue weighted by atomic mass is 9.94. The zero-order valence-corrected chi connectivity index (χ0v) is 9.27. The van der Waals surface area contributed by atoms with Crippen LogP contribution in [0.15, 0.2) is 22.7 Å². The molecule has 1 aromatic carbocycles. The highest BCUT2D eigenvalue weighted by molar-refractivity contribution is 9.10. The van der Waals surface area contributed by atoms with Crippen LogP contribution in [0.2, 0.25) is 0 Å². The number of rotatable bonds is 1. The van der Waals surface area contributed by atoms with E-state index in [1.165, 1.54) is 5.56 Å². The molecule has 0 unspecified atom stereocenters. The molecule has 0 radical (unpaired) electrons. The number of aryl methyl sites for hydroxylation is 1. The highest BCUT2D eigenvalue weighted by Gasteiger charge is 2.14. The molecule has 0 heterocycles. The monoisotopic (exact) mass is 227 g/mol. The summed E-state index contributed by atoms with van der Waals surface area (Å²) in [5.41, 5.74) is 8.11. The molecule has 66 valence electrons. The van der Waals surface area contributed by atoms with Gasteiger partial charge in [0.15, 0.2) is 0 Å². The first kappa shape index (κ1) is 9.75. The van der Waals surface area contributed by atoms with Crippen molar-refractivity contribution in [2.24, 2.45) is 5.73 Å². The van der Waals surface area contributed by atoms with E-state index < -0.39 is 0 Å². The third kappa shape index (κ3) is 2.32. The molecule has 2 heteroatoms. The van der Waals surface area contributed by atoms with E-state index in [1.54, 1.807) is 0 Å². The highest BCUT2D eigenvalue weighted by atomic mass is 79.9. The van der Waals surface area contributed by atoms with Gasteiger partial charge in [-0.1, -0.05) is 22.0 Å². The van der Waals surface area contributed by atoms with Crippen molar-refractivity contribution in [1.29, 1.82) is 0 Å². The van der Waals surface area contributed by atoms with E-state index in [0.717, 1.165) is 10.0 Å². The minimum absolute atomic E-state index is 0.255. The fraction of sp³-hybridized carbons (Fsp3) is 0.400. The third-order valence-corrected chi connectivity index (χ3v) is 2.24. The Bertz CT molecular complexity index is 266. The molecule has 0 bridgehead atoms. The van der Waals surface area contributed by atoms with E-state index >= 15 is 0 Å². The van der Waals surface area contributed by atoms with Gasteiger partial charge >= 0.3 is 0 Å². The lowest BCUT2D eigenvalue weighted by Crippen LogP contribution is -2.28. The first-order valence-electron chi connectivity index (χ1n) is 3.96. The van der Waals surface area contributed by atoms with Gasteiger partial charge in [-0.15, -0.1) is 0 Å². The van der Waals surface area contributed by atoms with Crippen molar-refractivity contribution in [2.45, 2.75) is 26.3 Å². The van der Waals surface area contributed by atoms with Gasteiger partial charge in [-0.25, -0.2) is 0 Å². The van der Waals surface area contributed by atoms with Crippen molar-refractivity contribution < 1.29 is 0 Å². The maximum Gasteiger partial charge on any atom is 0.0352 e. The molecule has 0 spiro atoms. The second-order valence-electron chi connectivity index (χ2n) is 3.74. The van der Waals surface area contributed by atoms with Gasteiger partial charge in [0.05, 0.1) is 0 Å². The van der Waals surface area contributed by atoms with Gasteiger partial charge in [0.1, 0.15) is 0 Å². The first-order valence-corrected chi connectivity index (χ1v) is 4.75. The number of halogens is 1. The van der Waals surface area contributed by atoms with Crippen LogP contribution in [-0.2, 0) is 5.54 Å². The second-order valence-corrected chi connectivity index (χ2v) is 4.65. The quantitative estimate of drug-likeness (QED) is 0.785. The van der Waals surface area contributed by atoms with Crippen LogP contribution in [0.1, 0.15) is 25.0 Å². The molecule has 0 saturated heterocycles. The zero-order valence-electron chi connectivity index (χ0n) is 7.69. The van der Waals surface area contributed by atoms with E-state index in [9.17, 15) is 0 Å². The van der Waals surface area contributed by atoms with Crippen LogP contribution in [0.5, 0.6) is 0 Å². The minimum atomic E-state index is -0.255. The van der Waals surface area contributed by atoms with Crippen LogP contribution in [0.25, 0.3) is 0 Å². The largest absolute Gasteiger partial charge is 0.322 e. The summed E-state index contributed by atoms with van der Waals surface area (Å²) in [7, 11) is 0. The molecule has 0 atom stereocenters. The maximum absolute atomic E-state index is 5.97. The Balaban J connectivity index is 3.18. The molecule has 2 N–H and O–H groups in total. The van der Waals surface area contributed by atoms with E-state index in [2.05, 4.69) is 41.1 Å². The molecule has 0 aliphatic rings. The van der Waals surface area contributed by atoms with Crippen molar-refractivity contribution in [3.8, 4) is 0 Å². The van der Waals surface area contributed by atoms with Gasteiger partial charge in [-0.05, 0) is 44.0 Å². The molecule has 12 heavy (non-hydrogen) atoms. The summed E-state index contributed by atoms with van der Waals surface area (Å²) in [6, 6.07) is 6.26. The van der Waals surface area contributed by atoms with Gasteiger partial charge in [0.25, 0.3) is 0 Å². The standard InChI is InChI=1S/C10H14BrN/c1-7-4-8(10(2,3)12)6-9(11)5-7/h4-6H,12H2,1-3H3. The molecular weight excluding hydrogens is 214 g/mol. The first-order chi connectivity index (χ1) is 5.39. The zero-order chi connectivity index (χ0) is 9.35. The average Bonchev–Trinajstić information content (AvgIpc) is 1.82. The summed E-state index contributed by atoms with van der Waals surface area (Å²) in [5, 5.41) is 0. The van der Waals surface area contributed by atoms with Crippen LogP contribution >= 0.6 is 15.9 Å². The fourth-order valence-electron chi connectivity index (χ4n) is 1.11. The Labute approximate surface area is 82.1 Å². The SMILES string of the molecule is Cc1cc(Br)cc(C(C)(C)N)c1. The molecule has 0 aromatic heterocycles. The Morgan fingerprint density at radius 1 is 1.25 bits per heavy atom. The van der Waals surface area contributed by atoms with Crippen molar-refractivity contribution >= 4 is 15.9 Å². The number of nitrogens with two attached hydrogens (primary N) is 1.